The zero-order valence-electron chi connectivity index (χ0n) is 10.8. The van der Waals surface area contributed by atoms with Crippen LogP contribution in [0.25, 0.3) is 0 Å². The van der Waals surface area contributed by atoms with E-state index in [9.17, 15) is 9.59 Å². The summed E-state index contributed by atoms with van der Waals surface area (Å²) in [5, 5.41) is 0. The molecule has 3 heteroatoms. The highest BCUT2D eigenvalue weighted by Crippen LogP contribution is 2.41. The lowest BCUT2D eigenvalue weighted by Crippen LogP contribution is -2.52. The first kappa shape index (κ1) is 11.2. The van der Waals surface area contributed by atoms with Gasteiger partial charge in [0.25, 0.3) is 0 Å². The van der Waals surface area contributed by atoms with Gasteiger partial charge in [0.2, 0.25) is 5.91 Å². The SMILES string of the molecule is O=C1c2ccccc2C2CCN(C(=O)C3CC3)C1C2. The number of carbonyl (C=O) groups excluding carboxylic acids is 2. The molecule has 0 N–H and O–H groups in total. The van der Waals surface area contributed by atoms with E-state index in [1.54, 1.807) is 0 Å². The van der Waals surface area contributed by atoms with Gasteiger partial charge < -0.3 is 4.90 Å². The predicted molar refractivity (Wildman–Crippen MR) is 71.0 cm³/mol. The molecule has 19 heavy (non-hydrogen) atoms. The summed E-state index contributed by atoms with van der Waals surface area (Å²) in [6.07, 6.45) is 3.85. The number of amides is 1. The number of rotatable bonds is 1. The Morgan fingerprint density at radius 2 is 1.95 bits per heavy atom. The highest BCUT2D eigenvalue weighted by Gasteiger charge is 2.45. The second kappa shape index (κ2) is 3.92. The lowest BCUT2D eigenvalue weighted by molar-refractivity contribution is -0.135. The minimum Gasteiger partial charge on any atom is -0.332 e. The molecule has 1 aliphatic heterocycles. The lowest BCUT2D eigenvalue weighted by Gasteiger charge is -2.43. The first-order valence-electron chi connectivity index (χ1n) is 7.19. The molecule has 0 radical (unpaired) electrons. The highest BCUT2D eigenvalue weighted by molar-refractivity contribution is 6.04. The smallest absolute Gasteiger partial charge is 0.226 e. The van der Waals surface area contributed by atoms with Crippen LogP contribution in [0, 0.1) is 5.92 Å². The Morgan fingerprint density at radius 3 is 2.74 bits per heavy atom. The fraction of sp³-hybridized carbons (Fsp3) is 0.500. The number of nitrogens with zero attached hydrogens (tertiary/aromatic N) is 1. The van der Waals surface area contributed by atoms with Crippen LogP contribution in [0.2, 0.25) is 0 Å². The van der Waals surface area contributed by atoms with Crippen molar-refractivity contribution in [1.82, 2.24) is 4.90 Å². The molecular weight excluding hydrogens is 238 g/mol. The first-order chi connectivity index (χ1) is 9.25. The molecule has 1 saturated heterocycles. The van der Waals surface area contributed by atoms with Crippen LogP contribution in [0.1, 0.15) is 47.5 Å². The molecule has 1 saturated carbocycles. The predicted octanol–water partition coefficient (Wildman–Crippen LogP) is 2.37. The molecule has 1 heterocycles. The van der Waals surface area contributed by atoms with E-state index >= 15 is 0 Å². The minimum absolute atomic E-state index is 0.153. The van der Waals surface area contributed by atoms with Crippen LogP contribution >= 0.6 is 0 Å². The van der Waals surface area contributed by atoms with Crippen molar-refractivity contribution < 1.29 is 9.59 Å². The second-order valence-corrected chi connectivity index (χ2v) is 5.99. The van der Waals surface area contributed by atoms with Crippen molar-refractivity contribution in [3.63, 3.8) is 0 Å². The third-order valence-electron chi connectivity index (χ3n) is 4.78. The number of ketones is 1. The van der Waals surface area contributed by atoms with Gasteiger partial charge in [0.15, 0.2) is 5.78 Å². The molecular formula is C16H17NO2. The molecule has 1 aromatic rings. The van der Waals surface area contributed by atoms with Crippen LogP contribution < -0.4 is 0 Å². The topological polar surface area (TPSA) is 37.4 Å². The average Bonchev–Trinajstić information content (AvgIpc) is 3.29. The number of carbonyl (C=O) groups is 2. The van der Waals surface area contributed by atoms with E-state index in [1.807, 2.05) is 23.1 Å². The van der Waals surface area contributed by atoms with Crippen molar-refractivity contribution >= 4 is 11.7 Å². The number of hydrogen-bond donors (Lipinski definition) is 0. The van der Waals surface area contributed by atoms with Gasteiger partial charge in [0, 0.05) is 18.0 Å². The summed E-state index contributed by atoms with van der Waals surface area (Å²) in [5.41, 5.74) is 2.04. The van der Waals surface area contributed by atoms with Crippen molar-refractivity contribution in [1.29, 1.82) is 0 Å². The number of hydrogen-bond acceptors (Lipinski definition) is 2. The standard InChI is InChI=1S/C16H17NO2/c18-15-13-4-2-1-3-12(13)11-7-8-17(14(15)9-11)16(19)10-5-6-10/h1-4,10-11,14H,5-9H2. The number of Topliss-reactive ketones (excluding diaryl/α,β-unsaturated/α-hetero) is 1. The summed E-state index contributed by atoms with van der Waals surface area (Å²) >= 11 is 0. The van der Waals surface area contributed by atoms with E-state index in [1.165, 1.54) is 5.56 Å². The van der Waals surface area contributed by atoms with Gasteiger partial charge in [0.05, 0.1) is 6.04 Å². The molecule has 3 nitrogen and oxygen atoms in total. The Bertz CT molecular complexity index is 562. The van der Waals surface area contributed by atoms with Gasteiger partial charge in [-0.2, -0.15) is 0 Å². The Hall–Kier alpha value is -1.64. The first-order valence-corrected chi connectivity index (χ1v) is 7.19. The van der Waals surface area contributed by atoms with Crippen LogP contribution in [0.3, 0.4) is 0 Å². The summed E-state index contributed by atoms with van der Waals surface area (Å²) in [7, 11) is 0. The Morgan fingerprint density at radius 1 is 1.16 bits per heavy atom. The zero-order chi connectivity index (χ0) is 13.0. The Kier molecular flexibility index (Phi) is 2.32. The molecule has 0 aromatic heterocycles. The summed E-state index contributed by atoms with van der Waals surface area (Å²) in [6.45, 7) is 0.755. The average molecular weight is 255 g/mol. The summed E-state index contributed by atoms with van der Waals surface area (Å²) in [5.74, 6) is 1.04. The van der Waals surface area contributed by atoms with Crippen LogP contribution in [0.4, 0.5) is 0 Å². The van der Waals surface area contributed by atoms with Gasteiger partial charge in [-0.15, -0.1) is 0 Å². The molecule has 4 rings (SSSR count). The van der Waals surface area contributed by atoms with E-state index in [0.717, 1.165) is 37.8 Å². The molecule has 3 aliphatic rings. The number of benzene rings is 1. The van der Waals surface area contributed by atoms with Gasteiger partial charge in [-0.25, -0.2) is 0 Å². The molecule has 1 aromatic carbocycles. The van der Waals surface area contributed by atoms with Crippen LogP contribution in [-0.4, -0.2) is 29.2 Å². The quantitative estimate of drug-likeness (QED) is 0.772. The zero-order valence-corrected chi connectivity index (χ0v) is 10.8. The molecule has 98 valence electrons. The van der Waals surface area contributed by atoms with Crippen molar-refractivity contribution in [2.75, 3.05) is 6.54 Å². The van der Waals surface area contributed by atoms with Crippen molar-refractivity contribution in [3.05, 3.63) is 35.4 Å². The molecule has 0 spiro atoms. The van der Waals surface area contributed by atoms with E-state index in [2.05, 4.69) is 6.07 Å². The third kappa shape index (κ3) is 1.64. The summed E-state index contributed by atoms with van der Waals surface area (Å²) < 4.78 is 0. The lowest BCUT2D eigenvalue weighted by atomic mass is 9.74. The van der Waals surface area contributed by atoms with Gasteiger partial charge in [0.1, 0.15) is 0 Å². The maximum Gasteiger partial charge on any atom is 0.226 e. The Balaban J connectivity index is 1.71. The monoisotopic (exact) mass is 255 g/mol. The second-order valence-electron chi connectivity index (χ2n) is 5.99. The molecule has 2 fully saturated rings. The minimum atomic E-state index is -0.193. The highest BCUT2D eigenvalue weighted by atomic mass is 16.2. The fourth-order valence-corrected chi connectivity index (χ4v) is 3.58. The van der Waals surface area contributed by atoms with Gasteiger partial charge in [-0.05, 0) is 37.2 Å². The van der Waals surface area contributed by atoms with Crippen LogP contribution in [0.15, 0.2) is 24.3 Å². The van der Waals surface area contributed by atoms with Crippen molar-refractivity contribution in [2.45, 2.75) is 37.6 Å². The molecule has 2 bridgehead atoms. The van der Waals surface area contributed by atoms with Gasteiger partial charge in [-0.1, -0.05) is 24.3 Å². The molecule has 2 aliphatic carbocycles. The van der Waals surface area contributed by atoms with E-state index in [-0.39, 0.29) is 23.7 Å². The number of likely N-dealkylation sites (tertiary alicyclic amines) is 1. The summed E-state index contributed by atoms with van der Waals surface area (Å²) in [6, 6.07) is 7.73. The number of piperidine rings is 1. The Labute approximate surface area is 112 Å². The molecule has 2 unspecified atom stereocenters. The van der Waals surface area contributed by atoms with Crippen molar-refractivity contribution in [2.24, 2.45) is 5.92 Å². The van der Waals surface area contributed by atoms with E-state index in [0.29, 0.717) is 5.92 Å². The fourth-order valence-electron chi connectivity index (χ4n) is 3.58. The third-order valence-corrected chi connectivity index (χ3v) is 4.78. The van der Waals surface area contributed by atoms with E-state index < -0.39 is 0 Å². The molecule has 1 amide bonds. The van der Waals surface area contributed by atoms with E-state index in [4.69, 9.17) is 0 Å². The maximum absolute atomic E-state index is 12.6. The largest absolute Gasteiger partial charge is 0.332 e. The van der Waals surface area contributed by atoms with Crippen LogP contribution in [-0.2, 0) is 4.79 Å². The van der Waals surface area contributed by atoms with Crippen molar-refractivity contribution in [3.8, 4) is 0 Å². The summed E-state index contributed by atoms with van der Waals surface area (Å²) in [4.78, 5) is 26.8. The van der Waals surface area contributed by atoms with Gasteiger partial charge in [-0.3, -0.25) is 9.59 Å². The van der Waals surface area contributed by atoms with Crippen LogP contribution in [0.5, 0.6) is 0 Å². The molecule has 2 atom stereocenters. The maximum atomic E-state index is 12.6. The number of fused-ring (bicyclic) bond motifs is 4. The van der Waals surface area contributed by atoms with Gasteiger partial charge >= 0.3 is 0 Å². The normalized spacial score (nSPS) is 29.1.